The summed E-state index contributed by atoms with van der Waals surface area (Å²) in [5.74, 6) is -0.0840. The normalized spacial score (nSPS) is 19.1. The lowest BCUT2D eigenvalue weighted by Crippen LogP contribution is -2.32. The number of halogens is 6. The predicted octanol–water partition coefficient (Wildman–Crippen LogP) is 10.1. The average Bonchev–Trinajstić information content (AvgIpc) is 3.42. The Labute approximate surface area is 318 Å². The standard InChI is InChI=1S/C37H39F6N4O2.C2H2.H2S2/c1-23-28(12-11-15-36(38,39)40)46(18-9-7-16-44)30(34(23,2)3)21-25-32(48)26(33(25)49-6)22-31-35(4,5)27-20-24(37(41,42)43)13-14-29(27)47(31)19-10-8-17-45;2*1-2/h11-14,20-22H,7-10,15,18-19H2,1-6H3;2*1-2H/q+1;;/b12-11-;;. The number of alkyl halides is 6. The highest BCUT2D eigenvalue weighted by molar-refractivity contribution is 8.59. The minimum absolute atomic E-state index is 0.229. The number of methoxy groups -OCH3 is 1. The Balaban J connectivity index is 0.00000235. The first kappa shape index (κ1) is 44.8. The van der Waals surface area contributed by atoms with Crippen molar-refractivity contribution < 1.29 is 40.4 Å². The van der Waals surface area contributed by atoms with Crippen molar-refractivity contribution in [3.8, 4) is 25.0 Å². The first-order chi connectivity index (χ1) is 24.8. The lowest BCUT2D eigenvalue weighted by atomic mass is 9.77. The van der Waals surface area contributed by atoms with E-state index in [2.05, 4.69) is 48.3 Å². The molecule has 0 bridgehead atoms. The van der Waals surface area contributed by atoms with Gasteiger partial charge in [-0.25, -0.2) is 0 Å². The molecule has 53 heavy (non-hydrogen) atoms. The maximum absolute atomic E-state index is 13.9. The summed E-state index contributed by atoms with van der Waals surface area (Å²) in [7, 11) is 1.41. The number of rotatable bonds is 11. The Hall–Kier alpha value is -4.32. The number of ketones is 1. The number of thiol groups is 2. The van der Waals surface area contributed by atoms with Crippen LogP contribution in [0, 0.1) is 40.9 Å². The molecule has 0 unspecified atom stereocenters. The first-order valence-corrected chi connectivity index (χ1v) is 18.0. The Morgan fingerprint density at radius 2 is 1.58 bits per heavy atom. The van der Waals surface area contributed by atoms with Gasteiger partial charge in [-0.05, 0) is 57.0 Å². The largest absolute Gasteiger partial charge is 0.495 e. The number of carbonyl (C=O) groups excluding carboxylic acids is 1. The van der Waals surface area contributed by atoms with Gasteiger partial charge in [-0.2, -0.15) is 41.4 Å². The summed E-state index contributed by atoms with van der Waals surface area (Å²) >= 11 is 6.44. The highest BCUT2D eigenvalue weighted by Crippen LogP contribution is 2.49. The Morgan fingerprint density at radius 3 is 2.13 bits per heavy atom. The van der Waals surface area contributed by atoms with Crippen LogP contribution in [-0.4, -0.2) is 47.3 Å². The number of nitriles is 2. The van der Waals surface area contributed by atoms with Gasteiger partial charge >= 0.3 is 12.4 Å². The molecule has 0 atom stereocenters. The molecule has 0 amide bonds. The molecule has 4 rings (SSSR count). The van der Waals surface area contributed by atoms with Crippen molar-refractivity contribution in [2.75, 3.05) is 20.2 Å². The molecule has 0 saturated heterocycles. The summed E-state index contributed by atoms with van der Waals surface area (Å²) in [4.78, 5) is 15.7. The van der Waals surface area contributed by atoms with E-state index in [1.165, 1.54) is 19.3 Å². The molecule has 0 spiro atoms. The second-order valence-electron chi connectivity index (χ2n) is 13.3. The molecule has 0 saturated carbocycles. The fourth-order valence-electron chi connectivity index (χ4n) is 6.57. The van der Waals surface area contributed by atoms with Crippen LogP contribution >= 0.6 is 23.3 Å². The van der Waals surface area contributed by atoms with Crippen molar-refractivity contribution in [3.63, 3.8) is 0 Å². The Bertz CT molecular complexity index is 1860. The van der Waals surface area contributed by atoms with E-state index < -0.39 is 35.2 Å². The number of hydrogen-bond donors (Lipinski definition) is 2. The Morgan fingerprint density at radius 1 is 0.981 bits per heavy atom. The van der Waals surface area contributed by atoms with Gasteiger partial charge in [0, 0.05) is 60.3 Å². The lowest BCUT2D eigenvalue weighted by molar-refractivity contribution is -0.438. The predicted molar refractivity (Wildman–Crippen MR) is 200 cm³/mol. The van der Waals surface area contributed by atoms with Crippen molar-refractivity contribution in [1.29, 1.82) is 10.5 Å². The van der Waals surface area contributed by atoms with Gasteiger partial charge in [-0.15, -0.1) is 36.2 Å². The molecule has 1 aromatic rings. The van der Waals surface area contributed by atoms with Crippen LogP contribution in [0.3, 0.4) is 0 Å². The SMILES string of the molecule is C#C.COC1=C(/C=C2\N(CCCC#N)C(/C=C\CC(F)(F)F)=C(C)C2(C)C)C(=O)/C1=C/C1=[N+](CCCC#N)c2ccc(C(F)(F)F)cc2C1(C)C.SS. The number of nitrogens with zero attached hydrogens (tertiary/aromatic N) is 4. The van der Waals surface area contributed by atoms with Gasteiger partial charge in [0.1, 0.15) is 12.3 Å². The number of carbonyl (C=O) groups is 1. The molecule has 1 aromatic carbocycles. The number of ether oxygens (including phenoxy) is 1. The van der Waals surface area contributed by atoms with Crippen LogP contribution in [-0.2, 0) is 21.1 Å². The van der Waals surface area contributed by atoms with Crippen molar-refractivity contribution in [2.24, 2.45) is 5.41 Å². The van der Waals surface area contributed by atoms with Gasteiger partial charge in [-0.3, -0.25) is 4.79 Å². The van der Waals surface area contributed by atoms with Crippen molar-refractivity contribution in [3.05, 3.63) is 87.5 Å². The van der Waals surface area contributed by atoms with Crippen molar-refractivity contribution in [1.82, 2.24) is 4.90 Å². The number of Topliss-reactive ketones (excluding diaryl/α,β-unsaturated/α-hetero) is 1. The van der Waals surface area contributed by atoms with Crippen LogP contribution in [0.5, 0.6) is 0 Å². The molecule has 3 aliphatic rings. The first-order valence-electron chi connectivity index (χ1n) is 16.4. The summed E-state index contributed by atoms with van der Waals surface area (Å²) in [6.07, 6.45) is 5.13. The van der Waals surface area contributed by atoms with Gasteiger partial charge < -0.3 is 9.64 Å². The monoisotopic (exact) mass is 777 g/mol. The summed E-state index contributed by atoms with van der Waals surface area (Å²) in [5.41, 5.74) is 1.67. The number of allylic oxidation sites excluding steroid dienone is 7. The summed E-state index contributed by atoms with van der Waals surface area (Å²) in [6.45, 7) is 9.89. The number of unbranched alkanes of at least 4 members (excludes halogenated alkanes) is 2. The van der Waals surface area contributed by atoms with Crippen LogP contribution in [0.1, 0.15) is 77.8 Å². The fourth-order valence-corrected chi connectivity index (χ4v) is 6.57. The Kier molecular flexibility index (Phi) is 15.3. The molecule has 284 valence electrons. The van der Waals surface area contributed by atoms with E-state index in [-0.39, 0.29) is 35.5 Å². The van der Waals surface area contributed by atoms with E-state index in [9.17, 15) is 31.1 Å². The molecule has 6 nitrogen and oxygen atoms in total. The van der Waals surface area contributed by atoms with Crippen LogP contribution in [0.15, 0.2) is 76.4 Å². The minimum Gasteiger partial charge on any atom is -0.495 e. The topological polar surface area (TPSA) is 80.1 Å². The van der Waals surface area contributed by atoms with Crippen LogP contribution < -0.4 is 0 Å². The summed E-state index contributed by atoms with van der Waals surface area (Å²) in [6, 6.07) is 7.75. The molecule has 0 N–H and O–H groups in total. The highest BCUT2D eigenvalue weighted by atomic mass is 33.1. The molecule has 0 fully saturated rings. The highest BCUT2D eigenvalue weighted by Gasteiger charge is 2.48. The minimum atomic E-state index is -4.55. The third-order valence-electron chi connectivity index (χ3n) is 9.47. The molecular formula is C39H43F6N4O2S2+. The van der Waals surface area contributed by atoms with Gasteiger partial charge in [0.15, 0.2) is 5.71 Å². The van der Waals surface area contributed by atoms with E-state index >= 15 is 0 Å². The number of fused-ring (bicyclic) bond motifs is 1. The van der Waals surface area contributed by atoms with E-state index in [4.69, 9.17) is 15.3 Å². The second-order valence-corrected chi connectivity index (χ2v) is 13.3. The summed E-state index contributed by atoms with van der Waals surface area (Å²) in [5, 5.41) is 18.3. The zero-order chi connectivity index (χ0) is 40.5. The van der Waals surface area contributed by atoms with E-state index in [1.807, 2.05) is 30.2 Å². The van der Waals surface area contributed by atoms with Crippen LogP contribution in [0.25, 0.3) is 0 Å². The third kappa shape index (κ3) is 9.62. The van der Waals surface area contributed by atoms with Gasteiger partial charge in [0.2, 0.25) is 11.5 Å². The molecular weight excluding hydrogens is 735 g/mol. The maximum atomic E-state index is 13.9. The number of benzene rings is 1. The van der Waals surface area contributed by atoms with Crippen molar-refractivity contribution in [2.45, 2.75) is 84.5 Å². The van der Waals surface area contributed by atoms with Crippen LogP contribution in [0.4, 0.5) is 32.0 Å². The van der Waals surface area contributed by atoms with Gasteiger partial charge in [0.25, 0.3) is 0 Å². The van der Waals surface area contributed by atoms with E-state index in [0.29, 0.717) is 54.3 Å². The smallest absolute Gasteiger partial charge is 0.416 e. The van der Waals surface area contributed by atoms with Gasteiger partial charge in [-0.1, -0.05) is 19.9 Å². The van der Waals surface area contributed by atoms with Crippen molar-refractivity contribution >= 4 is 40.5 Å². The lowest BCUT2D eigenvalue weighted by Gasteiger charge is -2.31. The molecule has 14 heteroatoms. The third-order valence-corrected chi connectivity index (χ3v) is 9.47. The quantitative estimate of drug-likeness (QED) is 0.0445. The zero-order valence-corrected chi connectivity index (χ0v) is 32.2. The average molecular weight is 778 g/mol. The number of terminal acetylenes is 1. The maximum Gasteiger partial charge on any atom is 0.416 e. The summed E-state index contributed by atoms with van der Waals surface area (Å²) < 4.78 is 87.6. The molecule has 1 aliphatic carbocycles. The number of hydrogen-bond acceptors (Lipinski definition) is 7. The fraction of sp³-hybridized carbons (Fsp3) is 0.436. The second kappa shape index (κ2) is 18.1. The molecule has 0 radical (unpaired) electrons. The van der Waals surface area contributed by atoms with E-state index in [1.54, 1.807) is 26.0 Å². The van der Waals surface area contributed by atoms with Gasteiger partial charge in [0.05, 0.1) is 47.8 Å². The molecule has 2 aliphatic heterocycles. The van der Waals surface area contributed by atoms with Crippen LogP contribution in [0.2, 0.25) is 0 Å². The van der Waals surface area contributed by atoms with E-state index in [0.717, 1.165) is 23.8 Å². The molecule has 0 aromatic heterocycles. The molecule has 2 heterocycles. The zero-order valence-electron chi connectivity index (χ0n) is 30.4.